The second-order valence-electron chi connectivity index (χ2n) is 3.38. The molecule has 2 aromatic rings. The van der Waals surface area contributed by atoms with Crippen molar-refractivity contribution in [3.8, 4) is 0 Å². The van der Waals surface area contributed by atoms with Gasteiger partial charge in [0.25, 0.3) is 0 Å². The van der Waals surface area contributed by atoms with Crippen LogP contribution in [0, 0.1) is 0 Å². The lowest BCUT2D eigenvalue weighted by Crippen LogP contribution is -2.11. The van der Waals surface area contributed by atoms with Gasteiger partial charge in [-0.2, -0.15) is 0 Å². The number of fused-ring (bicyclic) bond motifs is 1. The van der Waals surface area contributed by atoms with Gasteiger partial charge in [-0.15, -0.1) is 0 Å². The molecule has 0 bridgehead atoms. The Morgan fingerprint density at radius 1 is 1.50 bits per heavy atom. The maximum atomic E-state index is 11.3. The molecule has 1 aromatic heterocycles. The summed E-state index contributed by atoms with van der Waals surface area (Å²) in [6.07, 6.45) is 0.843. The molecule has 1 heterocycles. The summed E-state index contributed by atoms with van der Waals surface area (Å²) in [6.45, 7) is 0.629. The predicted molar refractivity (Wildman–Crippen MR) is 56.3 cm³/mol. The lowest BCUT2D eigenvalue weighted by molar-refractivity contribution is 0.889. The molecular formula is C10H13N3O. The fourth-order valence-corrected chi connectivity index (χ4v) is 1.59. The van der Waals surface area contributed by atoms with Crippen LogP contribution in [0.25, 0.3) is 11.0 Å². The molecule has 0 saturated heterocycles. The van der Waals surface area contributed by atoms with Crippen LogP contribution >= 0.6 is 0 Å². The molecule has 0 aliphatic heterocycles. The van der Waals surface area contributed by atoms with Gasteiger partial charge >= 0.3 is 5.69 Å². The molecule has 74 valence electrons. The smallest absolute Gasteiger partial charge is 0.326 e. The molecule has 0 saturated carbocycles. The summed E-state index contributed by atoms with van der Waals surface area (Å²) in [5.41, 5.74) is 8.36. The van der Waals surface area contributed by atoms with E-state index in [4.69, 9.17) is 5.73 Å². The molecule has 0 fully saturated rings. The van der Waals surface area contributed by atoms with Gasteiger partial charge in [0.1, 0.15) is 0 Å². The number of benzene rings is 1. The van der Waals surface area contributed by atoms with Crippen LogP contribution in [0.15, 0.2) is 23.0 Å². The van der Waals surface area contributed by atoms with Crippen LogP contribution in [0.1, 0.15) is 5.56 Å². The van der Waals surface area contributed by atoms with Crippen molar-refractivity contribution < 1.29 is 0 Å². The van der Waals surface area contributed by atoms with Gasteiger partial charge in [0.15, 0.2) is 0 Å². The maximum absolute atomic E-state index is 11.3. The number of aryl methyl sites for hydroxylation is 1. The summed E-state index contributed by atoms with van der Waals surface area (Å²) in [6, 6.07) is 5.91. The summed E-state index contributed by atoms with van der Waals surface area (Å²) in [5, 5.41) is 0. The van der Waals surface area contributed by atoms with Crippen LogP contribution in [-0.2, 0) is 13.5 Å². The number of hydrogen-bond acceptors (Lipinski definition) is 2. The van der Waals surface area contributed by atoms with E-state index in [-0.39, 0.29) is 5.69 Å². The van der Waals surface area contributed by atoms with Gasteiger partial charge in [-0.3, -0.25) is 4.57 Å². The standard InChI is InChI=1S/C10H13N3O/c1-13-9-6-7(4-5-11)2-3-8(9)12-10(13)14/h2-3,6H,4-5,11H2,1H3,(H,12,14). The molecule has 0 aliphatic carbocycles. The van der Waals surface area contributed by atoms with E-state index in [2.05, 4.69) is 4.98 Å². The molecule has 0 spiro atoms. The number of nitrogens with one attached hydrogen (secondary N) is 1. The Hall–Kier alpha value is -1.55. The predicted octanol–water partition coefficient (Wildman–Crippen LogP) is 0.368. The fraction of sp³-hybridized carbons (Fsp3) is 0.300. The van der Waals surface area contributed by atoms with Crippen molar-refractivity contribution >= 4 is 11.0 Å². The highest BCUT2D eigenvalue weighted by atomic mass is 16.1. The van der Waals surface area contributed by atoms with Crippen LogP contribution in [0.4, 0.5) is 0 Å². The van der Waals surface area contributed by atoms with Crippen LogP contribution in [0.2, 0.25) is 0 Å². The molecular weight excluding hydrogens is 178 g/mol. The van der Waals surface area contributed by atoms with Crippen molar-refractivity contribution in [2.24, 2.45) is 12.8 Å². The van der Waals surface area contributed by atoms with E-state index in [0.717, 1.165) is 23.0 Å². The Kier molecular flexibility index (Phi) is 2.13. The second-order valence-corrected chi connectivity index (χ2v) is 3.38. The van der Waals surface area contributed by atoms with E-state index in [0.29, 0.717) is 6.54 Å². The molecule has 3 N–H and O–H groups in total. The Morgan fingerprint density at radius 2 is 2.29 bits per heavy atom. The van der Waals surface area contributed by atoms with Gasteiger partial charge in [0.2, 0.25) is 0 Å². The third-order valence-corrected chi connectivity index (χ3v) is 2.40. The summed E-state index contributed by atoms with van der Waals surface area (Å²) < 4.78 is 1.61. The summed E-state index contributed by atoms with van der Waals surface area (Å²) in [7, 11) is 1.76. The van der Waals surface area contributed by atoms with Crippen molar-refractivity contribution in [2.45, 2.75) is 6.42 Å². The Morgan fingerprint density at radius 3 is 3.00 bits per heavy atom. The van der Waals surface area contributed by atoms with Crippen LogP contribution in [-0.4, -0.2) is 16.1 Å². The minimum Gasteiger partial charge on any atom is -0.330 e. The van der Waals surface area contributed by atoms with E-state index in [9.17, 15) is 4.79 Å². The molecule has 2 rings (SSSR count). The number of imidazole rings is 1. The molecule has 14 heavy (non-hydrogen) atoms. The van der Waals surface area contributed by atoms with E-state index < -0.39 is 0 Å². The molecule has 1 aromatic carbocycles. The quantitative estimate of drug-likeness (QED) is 0.720. The van der Waals surface area contributed by atoms with Gasteiger partial charge in [-0.05, 0) is 30.7 Å². The highest BCUT2D eigenvalue weighted by Gasteiger charge is 2.02. The SMILES string of the molecule is Cn1c(=O)[nH]c2ccc(CCN)cc21. The second kappa shape index (κ2) is 3.31. The van der Waals surface area contributed by atoms with Gasteiger partial charge in [-0.25, -0.2) is 4.79 Å². The third kappa shape index (κ3) is 1.33. The van der Waals surface area contributed by atoms with E-state index in [1.807, 2.05) is 18.2 Å². The fourth-order valence-electron chi connectivity index (χ4n) is 1.59. The first kappa shape index (κ1) is 9.02. The first-order valence-corrected chi connectivity index (χ1v) is 4.60. The Bertz CT molecular complexity index is 510. The van der Waals surface area contributed by atoms with Gasteiger partial charge in [0, 0.05) is 7.05 Å². The van der Waals surface area contributed by atoms with Crippen LogP contribution < -0.4 is 11.4 Å². The first-order chi connectivity index (χ1) is 6.72. The minimum atomic E-state index is -0.0788. The highest BCUT2D eigenvalue weighted by Crippen LogP contribution is 2.11. The number of aromatic nitrogens is 2. The van der Waals surface area contributed by atoms with Gasteiger partial charge < -0.3 is 10.7 Å². The number of nitrogens with zero attached hydrogens (tertiary/aromatic N) is 1. The highest BCUT2D eigenvalue weighted by molar-refractivity contribution is 5.75. The average Bonchev–Trinajstić information content (AvgIpc) is 2.45. The maximum Gasteiger partial charge on any atom is 0.326 e. The Labute approximate surface area is 81.3 Å². The topological polar surface area (TPSA) is 63.8 Å². The van der Waals surface area contributed by atoms with Crippen molar-refractivity contribution in [1.29, 1.82) is 0 Å². The lowest BCUT2D eigenvalue weighted by Gasteiger charge is -1.99. The zero-order valence-electron chi connectivity index (χ0n) is 8.08. The number of nitrogens with two attached hydrogens (primary N) is 1. The number of hydrogen-bond donors (Lipinski definition) is 2. The molecule has 4 nitrogen and oxygen atoms in total. The van der Waals surface area contributed by atoms with Gasteiger partial charge in [-0.1, -0.05) is 6.07 Å². The number of rotatable bonds is 2. The number of H-pyrrole nitrogens is 1. The molecule has 0 unspecified atom stereocenters. The zero-order chi connectivity index (χ0) is 10.1. The van der Waals surface area contributed by atoms with Crippen molar-refractivity contribution in [1.82, 2.24) is 9.55 Å². The molecule has 0 amide bonds. The summed E-state index contributed by atoms with van der Waals surface area (Å²) in [4.78, 5) is 14.1. The van der Waals surface area contributed by atoms with E-state index in [1.165, 1.54) is 0 Å². The summed E-state index contributed by atoms with van der Waals surface area (Å²) in [5.74, 6) is 0. The minimum absolute atomic E-state index is 0.0788. The zero-order valence-corrected chi connectivity index (χ0v) is 8.08. The molecule has 0 aliphatic rings. The first-order valence-electron chi connectivity index (χ1n) is 4.60. The monoisotopic (exact) mass is 191 g/mol. The average molecular weight is 191 g/mol. The van der Waals surface area contributed by atoms with Crippen molar-refractivity contribution in [3.05, 3.63) is 34.2 Å². The Balaban J connectivity index is 2.63. The third-order valence-electron chi connectivity index (χ3n) is 2.40. The largest absolute Gasteiger partial charge is 0.330 e. The molecule has 4 heteroatoms. The van der Waals surface area contributed by atoms with Crippen molar-refractivity contribution in [3.63, 3.8) is 0 Å². The molecule has 0 atom stereocenters. The normalized spacial score (nSPS) is 11.0. The van der Waals surface area contributed by atoms with E-state index in [1.54, 1.807) is 11.6 Å². The summed E-state index contributed by atoms with van der Waals surface area (Å²) >= 11 is 0. The van der Waals surface area contributed by atoms with Crippen molar-refractivity contribution in [2.75, 3.05) is 6.54 Å². The van der Waals surface area contributed by atoms with Crippen LogP contribution in [0.3, 0.4) is 0 Å². The van der Waals surface area contributed by atoms with Crippen LogP contribution in [0.5, 0.6) is 0 Å². The molecule has 0 radical (unpaired) electrons. The number of aromatic amines is 1. The van der Waals surface area contributed by atoms with E-state index >= 15 is 0 Å². The lowest BCUT2D eigenvalue weighted by atomic mass is 10.1. The van der Waals surface area contributed by atoms with Gasteiger partial charge in [0.05, 0.1) is 11.0 Å².